The van der Waals surface area contributed by atoms with Gasteiger partial charge in [-0.05, 0) is 30.2 Å². The van der Waals surface area contributed by atoms with Crippen LogP contribution in [0.25, 0.3) is 0 Å². The second-order valence-corrected chi connectivity index (χ2v) is 4.04. The summed E-state index contributed by atoms with van der Waals surface area (Å²) in [7, 11) is 0. The Morgan fingerprint density at radius 3 is 2.71 bits per heavy atom. The molecule has 0 heterocycles. The van der Waals surface area contributed by atoms with Gasteiger partial charge in [0.1, 0.15) is 5.78 Å². The molecule has 0 bridgehead atoms. The molecule has 1 rings (SSSR count). The second-order valence-electron chi connectivity index (χ2n) is 3.20. The van der Waals surface area contributed by atoms with Crippen LogP contribution in [0.2, 0.25) is 10.0 Å². The molecule has 1 aromatic carbocycles. The number of hydrogen-bond acceptors (Lipinski definition) is 1. The van der Waals surface area contributed by atoms with E-state index in [1.54, 1.807) is 18.2 Å². The van der Waals surface area contributed by atoms with Gasteiger partial charge in [0.2, 0.25) is 0 Å². The summed E-state index contributed by atoms with van der Waals surface area (Å²) in [6, 6.07) is 5.19. The largest absolute Gasteiger partial charge is 0.299 e. The quantitative estimate of drug-likeness (QED) is 0.767. The summed E-state index contributed by atoms with van der Waals surface area (Å²) in [4.78, 5) is 11.4. The first-order chi connectivity index (χ1) is 6.63. The minimum absolute atomic E-state index is 0.205. The maximum absolute atomic E-state index is 11.4. The van der Waals surface area contributed by atoms with Crippen molar-refractivity contribution in [2.75, 3.05) is 0 Å². The van der Waals surface area contributed by atoms with E-state index in [-0.39, 0.29) is 5.78 Å². The van der Waals surface area contributed by atoms with Crippen molar-refractivity contribution < 1.29 is 4.79 Å². The Bertz CT molecular complexity index is 334. The highest BCUT2D eigenvalue weighted by atomic mass is 35.5. The standard InChI is InChI=1S/C11H12Cl2O/c1-2-3-10(14)7-8-6-9(12)4-5-11(8)13/h4-6H,2-3,7H2,1H3. The Morgan fingerprint density at radius 2 is 2.07 bits per heavy atom. The van der Waals surface area contributed by atoms with Crippen LogP contribution in [-0.4, -0.2) is 5.78 Å². The van der Waals surface area contributed by atoms with Gasteiger partial charge < -0.3 is 0 Å². The maximum Gasteiger partial charge on any atom is 0.137 e. The Labute approximate surface area is 94.0 Å². The Balaban J connectivity index is 2.75. The lowest BCUT2D eigenvalue weighted by atomic mass is 10.1. The zero-order chi connectivity index (χ0) is 10.6. The van der Waals surface area contributed by atoms with Crippen LogP contribution in [0.5, 0.6) is 0 Å². The average Bonchev–Trinajstić information content (AvgIpc) is 2.12. The van der Waals surface area contributed by atoms with Crippen molar-refractivity contribution in [3.8, 4) is 0 Å². The first-order valence-electron chi connectivity index (χ1n) is 4.59. The highest BCUT2D eigenvalue weighted by molar-refractivity contribution is 6.33. The van der Waals surface area contributed by atoms with E-state index in [9.17, 15) is 4.79 Å². The van der Waals surface area contributed by atoms with E-state index >= 15 is 0 Å². The summed E-state index contributed by atoms with van der Waals surface area (Å²) in [6.07, 6.45) is 1.85. The van der Waals surface area contributed by atoms with Crippen LogP contribution in [0, 0.1) is 0 Å². The maximum atomic E-state index is 11.4. The molecule has 14 heavy (non-hydrogen) atoms. The highest BCUT2D eigenvalue weighted by Gasteiger charge is 2.06. The molecule has 0 atom stereocenters. The van der Waals surface area contributed by atoms with Crippen LogP contribution >= 0.6 is 23.2 Å². The molecule has 0 aliphatic heterocycles. The zero-order valence-corrected chi connectivity index (χ0v) is 9.53. The minimum atomic E-state index is 0.205. The number of carbonyl (C=O) groups excluding carboxylic acids is 1. The molecule has 76 valence electrons. The van der Waals surface area contributed by atoms with Crippen LogP contribution in [0.3, 0.4) is 0 Å². The van der Waals surface area contributed by atoms with Crippen LogP contribution in [0.1, 0.15) is 25.3 Å². The Morgan fingerprint density at radius 1 is 1.36 bits per heavy atom. The molecule has 3 heteroatoms. The molecular weight excluding hydrogens is 219 g/mol. The summed E-state index contributed by atoms with van der Waals surface area (Å²) in [5.74, 6) is 0.205. The van der Waals surface area contributed by atoms with Gasteiger partial charge in [0.15, 0.2) is 0 Å². The molecular formula is C11H12Cl2O. The lowest BCUT2D eigenvalue weighted by Gasteiger charge is -2.03. The minimum Gasteiger partial charge on any atom is -0.299 e. The molecule has 0 fully saturated rings. The van der Waals surface area contributed by atoms with Crippen LogP contribution in [0.15, 0.2) is 18.2 Å². The topological polar surface area (TPSA) is 17.1 Å². The van der Waals surface area contributed by atoms with Gasteiger partial charge in [-0.25, -0.2) is 0 Å². The highest BCUT2D eigenvalue weighted by Crippen LogP contribution is 2.21. The molecule has 1 aromatic rings. The van der Waals surface area contributed by atoms with Gasteiger partial charge in [0, 0.05) is 22.9 Å². The van der Waals surface area contributed by atoms with E-state index in [4.69, 9.17) is 23.2 Å². The molecule has 0 aromatic heterocycles. The molecule has 0 aliphatic rings. The average molecular weight is 231 g/mol. The summed E-state index contributed by atoms with van der Waals surface area (Å²) in [5.41, 5.74) is 0.817. The molecule has 0 saturated heterocycles. The predicted octanol–water partition coefficient (Wildman–Crippen LogP) is 3.91. The summed E-state index contributed by atoms with van der Waals surface area (Å²) in [6.45, 7) is 1.98. The van der Waals surface area contributed by atoms with Gasteiger partial charge in [-0.3, -0.25) is 4.79 Å². The number of halogens is 2. The van der Waals surface area contributed by atoms with E-state index in [1.807, 2.05) is 6.92 Å². The molecule has 0 aliphatic carbocycles. The van der Waals surface area contributed by atoms with Crippen LogP contribution < -0.4 is 0 Å². The van der Waals surface area contributed by atoms with E-state index in [0.717, 1.165) is 12.0 Å². The molecule has 0 saturated carbocycles. The van der Waals surface area contributed by atoms with Crippen molar-refractivity contribution in [3.63, 3.8) is 0 Å². The first kappa shape index (κ1) is 11.5. The van der Waals surface area contributed by atoms with Crippen LogP contribution in [0.4, 0.5) is 0 Å². The SMILES string of the molecule is CCCC(=O)Cc1cc(Cl)ccc1Cl. The number of hydrogen-bond donors (Lipinski definition) is 0. The van der Waals surface area contributed by atoms with E-state index < -0.39 is 0 Å². The number of carbonyl (C=O) groups is 1. The van der Waals surface area contributed by atoms with Crippen molar-refractivity contribution in [2.24, 2.45) is 0 Å². The summed E-state index contributed by atoms with van der Waals surface area (Å²) in [5, 5.41) is 1.23. The molecule has 0 amide bonds. The lowest BCUT2D eigenvalue weighted by Crippen LogP contribution is -2.02. The fraction of sp³-hybridized carbons (Fsp3) is 0.364. The Hall–Kier alpha value is -0.530. The van der Waals surface area contributed by atoms with Crippen molar-refractivity contribution >= 4 is 29.0 Å². The van der Waals surface area contributed by atoms with Gasteiger partial charge in [-0.2, -0.15) is 0 Å². The summed E-state index contributed by atoms with van der Waals surface area (Å²) < 4.78 is 0. The van der Waals surface area contributed by atoms with Gasteiger partial charge >= 0.3 is 0 Å². The first-order valence-corrected chi connectivity index (χ1v) is 5.34. The van der Waals surface area contributed by atoms with Gasteiger partial charge in [0.25, 0.3) is 0 Å². The molecule has 0 spiro atoms. The number of Topliss-reactive ketones (excluding diaryl/α,β-unsaturated/α-hetero) is 1. The van der Waals surface area contributed by atoms with E-state index in [0.29, 0.717) is 22.9 Å². The third-order valence-electron chi connectivity index (χ3n) is 1.92. The molecule has 1 nitrogen and oxygen atoms in total. The number of ketones is 1. The lowest BCUT2D eigenvalue weighted by molar-refractivity contribution is -0.118. The van der Waals surface area contributed by atoms with Gasteiger partial charge in [-0.1, -0.05) is 30.1 Å². The van der Waals surface area contributed by atoms with Crippen molar-refractivity contribution in [2.45, 2.75) is 26.2 Å². The predicted molar refractivity (Wildman–Crippen MR) is 60.1 cm³/mol. The van der Waals surface area contributed by atoms with Crippen molar-refractivity contribution in [1.29, 1.82) is 0 Å². The summed E-state index contributed by atoms with van der Waals surface area (Å²) >= 11 is 11.7. The van der Waals surface area contributed by atoms with Crippen LogP contribution in [-0.2, 0) is 11.2 Å². The van der Waals surface area contributed by atoms with Gasteiger partial charge in [-0.15, -0.1) is 0 Å². The fourth-order valence-corrected chi connectivity index (χ4v) is 1.64. The monoisotopic (exact) mass is 230 g/mol. The molecule has 0 N–H and O–H groups in total. The molecule has 0 radical (unpaired) electrons. The third kappa shape index (κ3) is 3.32. The van der Waals surface area contributed by atoms with E-state index in [1.165, 1.54) is 0 Å². The van der Waals surface area contributed by atoms with E-state index in [2.05, 4.69) is 0 Å². The normalized spacial score (nSPS) is 10.2. The smallest absolute Gasteiger partial charge is 0.137 e. The number of benzene rings is 1. The fourth-order valence-electron chi connectivity index (χ4n) is 1.26. The third-order valence-corrected chi connectivity index (χ3v) is 2.53. The van der Waals surface area contributed by atoms with Crippen molar-refractivity contribution in [3.05, 3.63) is 33.8 Å². The Kier molecular flexibility index (Phi) is 4.43. The second kappa shape index (κ2) is 5.38. The molecule has 0 unspecified atom stereocenters. The van der Waals surface area contributed by atoms with Gasteiger partial charge in [0.05, 0.1) is 0 Å². The number of rotatable bonds is 4. The van der Waals surface area contributed by atoms with Crippen molar-refractivity contribution in [1.82, 2.24) is 0 Å². The zero-order valence-electron chi connectivity index (χ0n) is 8.02.